The molecule has 100 valence electrons. The molecule has 0 unspecified atom stereocenters. The summed E-state index contributed by atoms with van der Waals surface area (Å²) in [5, 5.41) is 20.8. The molecule has 0 bridgehead atoms. The largest absolute Gasteiger partial charge is 0.409 e. The normalized spacial score (nSPS) is 11.9. The summed E-state index contributed by atoms with van der Waals surface area (Å²) in [6.07, 6.45) is 3.94. The lowest BCUT2D eigenvalue weighted by Gasteiger charge is -2.30. The molecule has 1 aromatic rings. The fourth-order valence-corrected chi connectivity index (χ4v) is 1.78. The van der Waals surface area contributed by atoms with Gasteiger partial charge in [-0.25, -0.2) is 0 Å². The molecule has 6 heteroatoms. The first-order valence-corrected chi connectivity index (χ1v) is 5.91. The van der Waals surface area contributed by atoms with E-state index in [0.29, 0.717) is 18.5 Å². The van der Waals surface area contributed by atoms with Crippen LogP contribution in [0.1, 0.15) is 25.8 Å². The van der Waals surface area contributed by atoms with Gasteiger partial charge in [0, 0.05) is 31.0 Å². The van der Waals surface area contributed by atoms with E-state index in [2.05, 4.69) is 15.0 Å². The van der Waals surface area contributed by atoms with Crippen molar-refractivity contribution < 1.29 is 10.3 Å². The molecule has 18 heavy (non-hydrogen) atoms. The molecule has 0 atom stereocenters. The van der Waals surface area contributed by atoms with Crippen LogP contribution in [0.3, 0.4) is 0 Å². The Bertz CT molecular complexity index is 407. The SMILES string of the molecule is CC(C)N(CCCO)c1cnccc1/C(N)=N/O. The number of oxime groups is 1. The zero-order valence-corrected chi connectivity index (χ0v) is 10.7. The molecule has 0 radical (unpaired) electrons. The quantitative estimate of drug-likeness (QED) is 0.301. The molecule has 0 aliphatic rings. The number of nitrogens with zero attached hydrogens (tertiary/aromatic N) is 3. The number of amidine groups is 1. The van der Waals surface area contributed by atoms with Crippen molar-refractivity contribution in [3.63, 3.8) is 0 Å². The predicted octanol–water partition coefficient (Wildman–Crippen LogP) is 0.773. The minimum atomic E-state index is 0.0575. The van der Waals surface area contributed by atoms with E-state index in [-0.39, 0.29) is 18.5 Å². The van der Waals surface area contributed by atoms with Crippen molar-refractivity contribution in [2.24, 2.45) is 10.9 Å². The lowest BCUT2D eigenvalue weighted by Crippen LogP contribution is -2.34. The zero-order valence-electron chi connectivity index (χ0n) is 10.7. The number of aliphatic hydroxyl groups excluding tert-OH is 1. The number of nitrogens with two attached hydrogens (primary N) is 1. The van der Waals surface area contributed by atoms with Gasteiger partial charge in [-0.1, -0.05) is 5.16 Å². The number of aliphatic hydroxyl groups is 1. The Morgan fingerprint density at radius 3 is 2.83 bits per heavy atom. The van der Waals surface area contributed by atoms with Crippen LogP contribution in [0.2, 0.25) is 0 Å². The number of hydrogen-bond acceptors (Lipinski definition) is 5. The second kappa shape index (κ2) is 6.80. The zero-order chi connectivity index (χ0) is 13.5. The standard InChI is InChI=1S/C12H20N4O2/c1-9(2)16(6-3-7-17)11-8-14-5-4-10(11)12(13)15-18/h4-5,8-9,17-18H,3,6-7H2,1-2H3,(H2,13,15). The minimum Gasteiger partial charge on any atom is -0.409 e. The molecule has 4 N–H and O–H groups in total. The van der Waals surface area contributed by atoms with Gasteiger partial charge in [0.05, 0.1) is 11.9 Å². The number of anilines is 1. The van der Waals surface area contributed by atoms with Gasteiger partial charge in [-0.3, -0.25) is 4.98 Å². The maximum Gasteiger partial charge on any atom is 0.172 e. The average molecular weight is 252 g/mol. The highest BCUT2D eigenvalue weighted by atomic mass is 16.4. The van der Waals surface area contributed by atoms with Gasteiger partial charge in [0.1, 0.15) is 0 Å². The lowest BCUT2D eigenvalue weighted by molar-refractivity contribution is 0.288. The summed E-state index contributed by atoms with van der Waals surface area (Å²) in [6.45, 7) is 4.90. The number of rotatable bonds is 6. The molecule has 1 aromatic heterocycles. The van der Waals surface area contributed by atoms with Crippen LogP contribution >= 0.6 is 0 Å². The summed E-state index contributed by atoms with van der Waals surface area (Å²) in [6, 6.07) is 1.93. The van der Waals surface area contributed by atoms with E-state index in [1.54, 1.807) is 18.5 Å². The molecule has 6 nitrogen and oxygen atoms in total. The lowest BCUT2D eigenvalue weighted by atomic mass is 10.1. The van der Waals surface area contributed by atoms with Crippen LogP contribution in [0.25, 0.3) is 0 Å². The summed E-state index contributed by atoms with van der Waals surface area (Å²) in [5.41, 5.74) is 7.10. The maximum atomic E-state index is 8.94. The molecule has 0 aliphatic heterocycles. The molecule has 0 amide bonds. The van der Waals surface area contributed by atoms with E-state index in [1.165, 1.54) is 0 Å². The predicted molar refractivity (Wildman–Crippen MR) is 70.9 cm³/mol. The Labute approximate surface area is 107 Å². The van der Waals surface area contributed by atoms with Crippen molar-refractivity contribution in [3.8, 4) is 0 Å². The first-order chi connectivity index (χ1) is 8.61. The van der Waals surface area contributed by atoms with Crippen LogP contribution in [0.15, 0.2) is 23.6 Å². The minimum absolute atomic E-state index is 0.0575. The van der Waals surface area contributed by atoms with E-state index in [9.17, 15) is 0 Å². The number of hydrogen-bond donors (Lipinski definition) is 3. The van der Waals surface area contributed by atoms with Gasteiger partial charge in [-0.05, 0) is 26.3 Å². The molecule has 0 aromatic carbocycles. The van der Waals surface area contributed by atoms with E-state index < -0.39 is 0 Å². The smallest absolute Gasteiger partial charge is 0.172 e. The molecule has 0 spiro atoms. The van der Waals surface area contributed by atoms with Gasteiger partial charge in [-0.15, -0.1) is 0 Å². The molecule has 0 aliphatic carbocycles. The molecule has 1 heterocycles. The summed E-state index contributed by atoms with van der Waals surface area (Å²) < 4.78 is 0. The van der Waals surface area contributed by atoms with Crippen LogP contribution in [0.4, 0.5) is 5.69 Å². The van der Waals surface area contributed by atoms with Gasteiger partial charge in [0.25, 0.3) is 0 Å². The Morgan fingerprint density at radius 2 is 2.28 bits per heavy atom. The van der Waals surface area contributed by atoms with Crippen molar-refractivity contribution in [2.45, 2.75) is 26.3 Å². The highest BCUT2D eigenvalue weighted by Crippen LogP contribution is 2.21. The van der Waals surface area contributed by atoms with Crippen LogP contribution in [-0.2, 0) is 0 Å². The maximum absolute atomic E-state index is 8.94. The first kappa shape index (κ1) is 14.2. The van der Waals surface area contributed by atoms with Gasteiger partial charge < -0.3 is 20.9 Å². The van der Waals surface area contributed by atoms with Gasteiger partial charge in [-0.2, -0.15) is 0 Å². The molecule has 0 fully saturated rings. The second-order valence-corrected chi connectivity index (χ2v) is 4.24. The summed E-state index contributed by atoms with van der Waals surface area (Å²) in [7, 11) is 0. The second-order valence-electron chi connectivity index (χ2n) is 4.24. The molecule has 0 saturated carbocycles. The van der Waals surface area contributed by atoms with Crippen LogP contribution in [0.5, 0.6) is 0 Å². The molecule has 0 saturated heterocycles. The topological polar surface area (TPSA) is 95.0 Å². The monoisotopic (exact) mass is 252 g/mol. The summed E-state index contributed by atoms with van der Waals surface area (Å²) in [5.74, 6) is 0.0575. The van der Waals surface area contributed by atoms with E-state index in [1.807, 2.05) is 13.8 Å². The first-order valence-electron chi connectivity index (χ1n) is 5.91. The number of aromatic nitrogens is 1. The third-order valence-corrected chi connectivity index (χ3v) is 2.67. The molecular weight excluding hydrogens is 232 g/mol. The van der Waals surface area contributed by atoms with Crippen molar-refractivity contribution in [2.75, 3.05) is 18.1 Å². The fraction of sp³-hybridized carbons (Fsp3) is 0.500. The highest BCUT2D eigenvalue weighted by molar-refractivity contribution is 6.02. The molecular formula is C12H20N4O2. The van der Waals surface area contributed by atoms with E-state index >= 15 is 0 Å². The molecule has 1 rings (SSSR count). The Hall–Kier alpha value is -1.82. The third-order valence-electron chi connectivity index (χ3n) is 2.67. The van der Waals surface area contributed by atoms with Crippen molar-refractivity contribution in [1.29, 1.82) is 0 Å². The van der Waals surface area contributed by atoms with E-state index in [0.717, 1.165) is 5.69 Å². The fourth-order valence-electron chi connectivity index (χ4n) is 1.78. The Balaban J connectivity index is 3.11. The van der Waals surface area contributed by atoms with Crippen molar-refractivity contribution in [3.05, 3.63) is 24.0 Å². The van der Waals surface area contributed by atoms with Crippen LogP contribution in [-0.4, -0.2) is 40.3 Å². The highest BCUT2D eigenvalue weighted by Gasteiger charge is 2.16. The van der Waals surface area contributed by atoms with Crippen LogP contribution < -0.4 is 10.6 Å². The van der Waals surface area contributed by atoms with E-state index in [4.69, 9.17) is 16.0 Å². The number of pyridine rings is 1. The van der Waals surface area contributed by atoms with Crippen molar-refractivity contribution >= 4 is 11.5 Å². The Morgan fingerprint density at radius 1 is 1.56 bits per heavy atom. The Kier molecular flexibility index (Phi) is 5.38. The van der Waals surface area contributed by atoms with Crippen molar-refractivity contribution in [1.82, 2.24) is 4.98 Å². The summed E-state index contributed by atoms with van der Waals surface area (Å²) in [4.78, 5) is 6.14. The van der Waals surface area contributed by atoms with Gasteiger partial charge in [0.15, 0.2) is 5.84 Å². The summed E-state index contributed by atoms with van der Waals surface area (Å²) >= 11 is 0. The third kappa shape index (κ3) is 3.33. The van der Waals surface area contributed by atoms with Gasteiger partial charge >= 0.3 is 0 Å². The van der Waals surface area contributed by atoms with Crippen LogP contribution in [0, 0.1) is 0 Å². The average Bonchev–Trinajstić information content (AvgIpc) is 2.38. The van der Waals surface area contributed by atoms with Gasteiger partial charge in [0.2, 0.25) is 0 Å².